The van der Waals surface area contributed by atoms with Gasteiger partial charge in [-0.15, -0.1) is 5.48 Å². The fourth-order valence-corrected chi connectivity index (χ4v) is 1.71. The molecule has 0 aliphatic rings. The first-order chi connectivity index (χ1) is 11.2. The number of carbonyl (C=O) groups excluding carboxylic acids is 2. The number of aldehydes is 1. The minimum Gasteiger partial charge on any atom is -0.368 e. The maximum atomic E-state index is 11.8. The molecule has 0 aliphatic carbocycles. The Morgan fingerprint density at radius 3 is 2.42 bits per heavy atom. The molecule has 2 atom stereocenters. The molecule has 3 N–H and O–H groups in total. The summed E-state index contributed by atoms with van der Waals surface area (Å²) in [5.41, 5.74) is 0.816. The molecular weight excluding hydrogens is 312 g/mol. The quantitative estimate of drug-likeness (QED) is 0.348. The van der Waals surface area contributed by atoms with Gasteiger partial charge in [-0.05, 0) is 39.8 Å². The van der Waals surface area contributed by atoms with Gasteiger partial charge >= 0.3 is 5.97 Å². The van der Waals surface area contributed by atoms with Gasteiger partial charge in [0, 0.05) is 0 Å². The van der Waals surface area contributed by atoms with Gasteiger partial charge in [0.25, 0.3) is 0 Å². The molecule has 0 spiro atoms. The lowest BCUT2D eigenvalue weighted by atomic mass is 9.98. The second kappa shape index (κ2) is 8.89. The van der Waals surface area contributed by atoms with Crippen LogP contribution >= 0.6 is 0 Å². The third-order valence-electron chi connectivity index (χ3n) is 3.42. The molecule has 0 fully saturated rings. The van der Waals surface area contributed by atoms with Crippen molar-refractivity contribution < 1.29 is 24.3 Å². The molecule has 0 saturated heterocycles. The van der Waals surface area contributed by atoms with Crippen LogP contribution in [-0.2, 0) is 25.6 Å². The van der Waals surface area contributed by atoms with Crippen molar-refractivity contribution in [1.82, 2.24) is 10.8 Å². The Labute approximate surface area is 142 Å². The number of carbonyl (C=O) groups is 2. The summed E-state index contributed by atoms with van der Waals surface area (Å²) in [6.07, 6.45) is -0.578. The third-order valence-corrected chi connectivity index (χ3v) is 3.42. The van der Waals surface area contributed by atoms with Crippen molar-refractivity contribution in [3.63, 3.8) is 0 Å². The molecule has 1 aromatic carbocycles. The van der Waals surface area contributed by atoms with E-state index in [1.807, 2.05) is 30.3 Å². The van der Waals surface area contributed by atoms with E-state index in [4.69, 9.17) is 9.57 Å². The molecule has 1 aromatic rings. The summed E-state index contributed by atoms with van der Waals surface area (Å²) >= 11 is 0. The normalized spacial score (nSPS) is 15.4. The molecule has 0 heterocycles. The lowest BCUT2D eigenvalue weighted by molar-refractivity contribution is -0.200. The molecule has 134 valence electrons. The summed E-state index contributed by atoms with van der Waals surface area (Å²) in [4.78, 5) is 28.2. The maximum Gasteiger partial charge on any atom is 0.330 e. The smallest absolute Gasteiger partial charge is 0.330 e. The van der Waals surface area contributed by atoms with Crippen molar-refractivity contribution in [2.24, 2.45) is 5.41 Å². The number of ether oxygens (including phenoxy) is 1. The average molecular weight is 338 g/mol. The standard InChI is InChI=1S/C17H26N2O5/c1-16(2,3)14(21)24-19-17(12-20,18-4)15(22)23-11-10-13-8-6-5-7-9-13/h5-9,12,15,18-19,22H,10-11H2,1-4H3. The number of hydroxylamine groups is 1. The lowest BCUT2D eigenvalue weighted by Gasteiger charge is -2.32. The predicted octanol–water partition coefficient (Wildman–Crippen LogP) is 0.773. The summed E-state index contributed by atoms with van der Waals surface area (Å²) in [7, 11) is 1.44. The van der Waals surface area contributed by atoms with Crippen LogP contribution in [0.5, 0.6) is 0 Å². The Morgan fingerprint density at radius 1 is 1.29 bits per heavy atom. The zero-order chi connectivity index (χ0) is 18.2. The molecule has 0 aromatic heterocycles. The van der Waals surface area contributed by atoms with E-state index < -0.39 is 23.3 Å². The zero-order valence-corrected chi connectivity index (χ0v) is 14.5. The summed E-state index contributed by atoms with van der Waals surface area (Å²) in [5.74, 6) is -0.569. The second-order valence-corrected chi connectivity index (χ2v) is 6.44. The largest absolute Gasteiger partial charge is 0.368 e. The first kappa shape index (κ1) is 20.2. The van der Waals surface area contributed by atoms with Crippen LogP contribution in [0.25, 0.3) is 0 Å². The highest BCUT2D eigenvalue weighted by molar-refractivity contribution is 5.75. The van der Waals surface area contributed by atoms with Gasteiger partial charge in [0.2, 0.25) is 5.66 Å². The topological polar surface area (TPSA) is 96.9 Å². The van der Waals surface area contributed by atoms with Crippen LogP contribution in [-0.4, -0.2) is 43.0 Å². The van der Waals surface area contributed by atoms with Crippen LogP contribution < -0.4 is 10.8 Å². The minimum absolute atomic E-state index is 0.192. The highest BCUT2D eigenvalue weighted by Crippen LogP contribution is 2.15. The van der Waals surface area contributed by atoms with Crippen molar-refractivity contribution in [2.45, 2.75) is 39.1 Å². The summed E-state index contributed by atoms with van der Waals surface area (Å²) in [6.45, 7) is 5.21. The summed E-state index contributed by atoms with van der Waals surface area (Å²) < 4.78 is 5.32. The Morgan fingerprint density at radius 2 is 1.92 bits per heavy atom. The first-order valence-corrected chi connectivity index (χ1v) is 7.72. The first-order valence-electron chi connectivity index (χ1n) is 7.72. The Kier molecular flexibility index (Phi) is 7.50. The monoisotopic (exact) mass is 338 g/mol. The molecule has 1 rings (SSSR count). The van der Waals surface area contributed by atoms with Crippen LogP contribution in [0.4, 0.5) is 0 Å². The van der Waals surface area contributed by atoms with E-state index in [0.717, 1.165) is 5.56 Å². The molecular formula is C17H26N2O5. The van der Waals surface area contributed by atoms with Crippen LogP contribution in [0.2, 0.25) is 0 Å². The summed E-state index contributed by atoms with van der Waals surface area (Å²) in [6, 6.07) is 9.59. The Balaban J connectivity index is 2.61. The fraction of sp³-hybridized carbons (Fsp3) is 0.529. The van der Waals surface area contributed by atoms with Gasteiger partial charge in [0.15, 0.2) is 12.6 Å². The van der Waals surface area contributed by atoms with Crippen LogP contribution in [0.1, 0.15) is 26.3 Å². The van der Waals surface area contributed by atoms with E-state index in [1.165, 1.54) is 7.05 Å². The second-order valence-electron chi connectivity index (χ2n) is 6.44. The fourth-order valence-electron chi connectivity index (χ4n) is 1.71. The Hall–Kier alpha value is -1.80. The van der Waals surface area contributed by atoms with Gasteiger partial charge in [-0.3, -0.25) is 10.1 Å². The van der Waals surface area contributed by atoms with Gasteiger partial charge in [-0.1, -0.05) is 30.3 Å². The average Bonchev–Trinajstić information content (AvgIpc) is 2.56. The van der Waals surface area contributed by atoms with Crippen molar-refractivity contribution in [2.75, 3.05) is 13.7 Å². The van der Waals surface area contributed by atoms with Crippen molar-refractivity contribution >= 4 is 12.3 Å². The number of rotatable bonds is 9. The molecule has 7 nitrogen and oxygen atoms in total. The molecule has 0 amide bonds. The molecule has 0 radical (unpaired) electrons. The predicted molar refractivity (Wildman–Crippen MR) is 88.6 cm³/mol. The molecule has 24 heavy (non-hydrogen) atoms. The number of aliphatic hydroxyl groups is 1. The van der Waals surface area contributed by atoms with E-state index in [-0.39, 0.29) is 6.61 Å². The van der Waals surface area contributed by atoms with Gasteiger partial charge < -0.3 is 14.7 Å². The SMILES string of the molecule is CNC(C=O)(NOC(=O)C(C)(C)C)C(O)OCCc1ccccc1. The zero-order valence-electron chi connectivity index (χ0n) is 14.5. The van der Waals surface area contributed by atoms with Gasteiger partial charge in [0.05, 0.1) is 12.0 Å². The maximum absolute atomic E-state index is 11.8. The van der Waals surface area contributed by atoms with E-state index in [2.05, 4.69) is 10.8 Å². The minimum atomic E-state index is -1.75. The lowest BCUT2D eigenvalue weighted by Crippen LogP contribution is -2.66. The van der Waals surface area contributed by atoms with E-state index in [9.17, 15) is 14.7 Å². The van der Waals surface area contributed by atoms with Crippen molar-refractivity contribution in [3.05, 3.63) is 35.9 Å². The number of hydrogen-bond donors (Lipinski definition) is 3. The van der Waals surface area contributed by atoms with Crippen molar-refractivity contribution in [3.8, 4) is 0 Å². The van der Waals surface area contributed by atoms with E-state index in [1.54, 1.807) is 20.8 Å². The van der Waals surface area contributed by atoms with Crippen LogP contribution in [0, 0.1) is 5.41 Å². The summed E-state index contributed by atoms with van der Waals surface area (Å²) in [5, 5.41) is 12.8. The van der Waals surface area contributed by atoms with E-state index >= 15 is 0 Å². The highest BCUT2D eigenvalue weighted by Gasteiger charge is 2.40. The Bertz CT molecular complexity index is 530. The van der Waals surface area contributed by atoms with Crippen LogP contribution in [0.3, 0.4) is 0 Å². The van der Waals surface area contributed by atoms with E-state index in [0.29, 0.717) is 12.7 Å². The third kappa shape index (κ3) is 5.68. The van der Waals surface area contributed by atoms with Gasteiger partial charge in [-0.25, -0.2) is 4.79 Å². The molecule has 7 heteroatoms. The molecule has 2 unspecified atom stereocenters. The van der Waals surface area contributed by atoms with Crippen LogP contribution in [0.15, 0.2) is 30.3 Å². The number of hydrogen-bond acceptors (Lipinski definition) is 7. The van der Waals surface area contributed by atoms with Gasteiger partial charge in [-0.2, -0.15) is 0 Å². The molecule has 0 saturated carbocycles. The number of benzene rings is 1. The highest BCUT2D eigenvalue weighted by atomic mass is 16.7. The number of nitrogens with one attached hydrogen (secondary N) is 2. The molecule has 0 aliphatic heterocycles. The number of likely N-dealkylation sites (N-methyl/N-ethyl adjacent to an activating group) is 1. The number of aliphatic hydroxyl groups excluding tert-OH is 1. The molecule has 0 bridgehead atoms. The van der Waals surface area contributed by atoms with Gasteiger partial charge in [0.1, 0.15) is 0 Å². The van der Waals surface area contributed by atoms with Crippen molar-refractivity contribution in [1.29, 1.82) is 0 Å².